The molecular formula is C18H25N5OS. The van der Waals surface area contributed by atoms with E-state index in [-0.39, 0.29) is 11.9 Å². The van der Waals surface area contributed by atoms with Gasteiger partial charge in [0.05, 0.1) is 23.1 Å². The van der Waals surface area contributed by atoms with E-state index in [1.165, 1.54) is 11.5 Å². The van der Waals surface area contributed by atoms with Crippen LogP contribution in [0.5, 0.6) is 0 Å². The van der Waals surface area contributed by atoms with Crippen molar-refractivity contribution < 1.29 is 4.79 Å². The van der Waals surface area contributed by atoms with Gasteiger partial charge in [-0.3, -0.25) is 9.78 Å². The van der Waals surface area contributed by atoms with Gasteiger partial charge in [0.15, 0.2) is 0 Å². The summed E-state index contributed by atoms with van der Waals surface area (Å²) in [6, 6.07) is 6.16. The molecule has 0 aromatic carbocycles. The molecule has 0 bridgehead atoms. The van der Waals surface area contributed by atoms with Crippen LogP contribution in [0.25, 0.3) is 0 Å². The van der Waals surface area contributed by atoms with Crippen LogP contribution in [0.15, 0.2) is 18.2 Å². The Bertz CT molecular complexity index is 730. The molecule has 1 aliphatic rings. The first kappa shape index (κ1) is 17.9. The second kappa shape index (κ2) is 8.01. The molecule has 1 aliphatic heterocycles. The summed E-state index contributed by atoms with van der Waals surface area (Å²) in [5.41, 5.74) is 2.85. The maximum Gasteiger partial charge on any atom is 0.268 e. The van der Waals surface area contributed by atoms with E-state index < -0.39 is 0 Å². The van der Waals surface area contributed by atoms with E-state index >= 15 is 0 Å². The van der Waals surface area contributed by atoms with Gasteiger partial charge in [0.2, 0.25) is 0 Å². The third-order valence-corrected chi connectivity index (χ3v) is 5.15. The van der Waals surface area contributed by atoms with Crippen molar-refractivity contribution in [3.05, 3.63) is 40.2 Å². The molecule has 134 valence electrons. The Morgan fingerprint density at radius 3 is 3.00 bits per heavy atom. The lowest BCUT2D eigenvalue weighted by Crippen LogP contribution is -2.31. The number of pyridine rings is 1. The van der Waals surface area contributed by atoms with Crippen LogP contribution < -0.4 is 0 Å². The zero-order valence-electron chi connectivity index (χ0n) is 15.1. The van der Waals surface area contributed by atoms with Crippen molar-refractivity contribution in [1.29, 1.82) is 0 Å². The molecule has 7 heteroatoms. The maximum atomic E-state index is 13.1. The molecule has 0 saturated carbocycles. The molecular weight excluding hydrogens is 334 g/mol. The summed E-state index contributed by atoms with van der Waals surface area (Å²) in [5.74, 6) is 0.0563. The van der Waals surface area contributed by atoms with Crippen LogP contribution in [0.3, 0.4) is 0 Å². The minimum atomic E-state index is 0.0474. The van der Waals surface area contributed by atoms with Gasteiger partial charge in [-0.1, -0.05) is 23.9 Å². The highest BCUT2D eigenvalue weighted by Crippen LogP contribution is 2.33. The molecule has 1 saturated heterocycles. The van der Waals surface area contributed by atoms with Crippen molar-refractivity contribution in [2.75, 3.05) is 20.6 Å². The summed E-state index contributed by atoms with van der Waals surface area (Å²) in [4.78, 5) is 22.6. The minimum absolute atomic E-state index is 0.0474. The first-order chi connectivity index (χ1) is 12.1. The molecule has 3 rings (SSSR count). The van der Waals surface area contributed by atoms with Crippen LogP contribution in [0.2, 0.25) is 0 Å². The number of aryl methyl sites for hydroxylation is 1. The number of hydrogen-bond acceptors (Lipinski definition) is 6. The van der Waals surface area contributed by atoms with Crippen molar-refractivity contribution >= 4 is 17.4 Å². The first-order valence-electron chi connectivity index (χ1n) is 8.83. The van der Waals surface area contributed by atoms with Gasteiger partial charge in [-0.25, -0.2) is 0 Å². The molecule has 0 N–H and O–H groups in total. The molecule has 1 amide bonds. The molecule has 25 heavy (non-hydrogen) atoms. The number of likely N-dealkylation sites (tertiary alicyclic amines) is 1. The van der Waals surface area contributed by atoms with Gasteiger partial charge < -0.3 is 9.80 Å². The second-order valence-corrected chi connectivity index (χ2v) is 7.50. The van der Waals surface area contributed by atoms with Crippen LogP contribution in [0, 0.1) is 0 Å². The predicted octanol–water partition coefficient (Wildman–Crippen LogP) is 2.92. The smallest absolute Gasteiger partial charge is 0.268 e. The number of amides is 1. The van der Waals surface area contributed by atoms with E-state index in [1.54, 1.807) is 0 Å². The Morgan fingerprint density at radius 2 is 2.24 bits per heavy atom. The summed E-state index contributed by atoms with van der Waals surface area (Å²) in [6.45, 7) is 3.66. The van der Waals surface area contributed by atoms with Crippen molar-refractivity contribution in [3.8, 4) is 0 Å². The lowest BCUT2D eigenvalue weighted by atomic mass is 10.1. The minimum Gasteiger partial charge on any atom is -0.329 e. The topological polar surface area (TPSA) is 62.2 Å². The SMILES string of the molecule is CCCc1nnsc1C(=O)N1CCC[C@@H]1c1cccc(CN(C)C)n1. The standard InChI is InChI=1S/C18H25N5OS/c1-4-7-15-17(25-21-20-15)18(24)23-11-6-10-16(23)14-9-5-8-13(19-14)12-22(2)3/h5,8-9,16H,4,6-7,10-12H2,1-3H3/t16-/m1/s1. The molecule has 3 heterocycles. The molecule has 1 atom stereocenters. The fourth-order valence-corrected chi connectivity index (χ4v) is 3.98. The van der Waals surface area contributed by atoms with E-state index in [0.717, 1.165) is 55.9 Å². The number of rotatable bonds is 6. The number of hydrogen-bond donors (Lipinski definition) is 0. The van der Waals surface area contributed by atoms with E-state index in [0.29, 0.717) is 4.88 Å². The van der Waals surface area contributed by atoms with Crippen LogP contribution in [-0.2, 0) is 13.0 Å². The van der Waals surface area contributed by atoms with Crippen molar-refractivity contribution in [2.24, 2.45) is 0 Å². The third-order valence-electron chi connectivity index (χ3n) is 4.40. The lowest BCUT2D eigenvalue weighted by Gasteiger charge is -2.24. The van der Waals surface area contributed by atoms with Gasteiger partial charge >= 0.3 is 0 Å². The summed E-state index contributed by atoms with van der Waals surface area (Å²) >= 11 is 1.21. The Balaban J connectivity index is 1.83. The summed E-state index contributed by atoms with van der Waals surface area (Å²) < 4.78 is 4.00. The third kappa shape index (κ3) is 4.04. The average Bonchev–Trinajstić information content (AvgIpc) is 3.23. The molecule has 6 nitrogen and oxygen atoms in total. The summed E-state index contributed by atoms with van der Waals surface area (Å²) in [7, 11) is 4.07. The average molecular weight is 359 g/mol. The van der Waals surface area contributed by atoms with Crippen molar-refractivity contribution in [2.45, 2.75) is 45.2 Å². The normalized spacial score (nSPS) is 17.4. The number of aromatic nitrogens is 3. The van der Waals surface area contributed by atoms with Crippen molar-refractivity contribution in [3.63, 3.8) is 0 Å². The Kier molecular flexibility index (Phi) is 5.75. The van der Waals surface area contributed by atoms with E-state index in [2.05, 4.69) is 21.4 Å². The van der Waals surface area contributed by atoms with Gasteiger partial charge in [-0.05, 0) is 57.0 Å². The molecule has 2 aromatic heterocycles. The van der Waals surface area contributed by atoms with Crippen molar-refractivity contribution in [1.82, 2.24) is 24.4 Å². The number of carbonyl (C=O) groups excluding carboxylic acids is 1. The fourth-order valence-electron chi connectivity index (χ4n) is 3.31. The predicted molar refractivity (Wildman–Crippen MR) is 98.5 cm³/mol. The van der Waals surface area contributed by atoms with E-state index in [9.17, 15) is 4.79 Å². The fraction of sp³-hybridized carbons (Fsp3) is 0.556. The summed E-state index contributed by atoms with van der Waals surface area (Å²) in [6.07, 6.45) is 3.72. The second-order valence-electron chi connectivity index (χ2n) is 6.75. The zero-order chi connectivity index (χ0) is 17.8. The van der Waals surface area contributed by atoms with Crippen LogP contribution in [-0.4, -0.2) is 50.9 Å². The van der Waals surface area contributed by atoms with E-state index in [4.69, 9.17) is 4.98 Å². The van der Waals surface area contributed by atoms with Crippen LogP contribution in [0.4, 0.5) is 0 Å². The highest BCUT2D eigenvalue weighted by Gasteiger charge is 2.33. The van der Waals surface area contributed by atoms with Gasteiger partial charge in [0.25, 0.3) is 5.91 Å². The molecule has 0 spiro atoms. The van der Waals surface area contributed by atoms with E-state index in [1.807, 2.05) is 37.2 Å². The monoisotopic (exact) mass is 359 g/mol. The van der Waals surface area contributed by atoms with Crippen LogP contribution in [0.1, 0.15) is 59.0 Å². The van der Waals surface area contributed by atoms with Gasteiger partial charge in [-0.15, -0.1) is 5.10 Å². The highest BCUT2D eigenvalue weighted by atomic mass is 32.1. The molecule has 1 fully saturated rings. The Labute approximate surface area is 153 Å². The molecule has 0 aliphatic carbocycles. The van der Waals surface area contributed by atoms with Gasteiger partial charge in [0.1, 0.15) is 4.88 Å². The number of nitrogens with zero attached hydrogens (tertiary/aromatic N) is 5. The summed E-state index contributed by atoms with van der Waals surface area (Å²) in [5, 5.41) is 4.14. The Hall–Kier alpha value is -1.86. The van der Waals surface area contributed by atoms with Crippen LogP contribution >= 0.6 is 11.5 Å². The number of carbonyl (C=O) groups is 1. The lowest BCUT2D eigenvalue weighted by molar-refractivity contribution is 0.0736. The maximum absolute atomic E-state index is 13.1. The molecule has 2 aromatic rings. The quantitative estimate of drug-likeness (QED) is 0.793. The molecule has 0 unspecified atom stereocenters. The van der Waals surface area contributed by atoms with Gasteiger partial charge in [-0.2, -0.15) is 0 Å². The zero-order valence-corrected chi connectivity index (χ0v) is 15.9. The molecule has 0 radical (unpaired) electrons. The largest absolute Gasteiger partial charge is 0.329 e. The highest BCUT2D eigenvalue weighted by molar-refractivity contribution is 7.08. The Morgan fingerprint density at radius 1 is 1.40 bits per heavy atom. The van der Waals surface area contributed by atoms with Gasteiger partial charge in [0, 0.05) is 13.1 Å². The first-order valence-corrected chi connectivity index (χ1v) is 9.60.